The highest BCUT2D eigenvalue weighted by atomic mass is 32.2. The lowest BCUT2D eigenvalue weighted by Crippen LogP contribution is -2.33. The number of benzene rings is 1. The zero-order valence-corrected chi connectivity index (χ0v) is 16.2. The summed E-state index contributed by atoms with van der Waals surface area (Å²) in [7, 11) is 0. The number of amides is 1. The first-order chi connectivity index (χ1) is 11.5. The van der Waals surface area contributed by atoms with Crippen LogP contribution in [-0.4, -0.2) is 27.9 Å². The minimum Gasteiger partial charge on any atom is -0.353 e. The quantitative estimate of drug-likeness (QED) is 0.684. The Morgan fingerprint density at radius 1 is 1.29 bits per heavy atom. The number of hydrogen-bond donors (Lipinski definition) is 2. The number of nitrogens with zero attached hydrogens (tertiary/aromatic N) is 2. The van der Waals surface area contributed by atoms with Crippen LogP contribution in [0.4, 0.5) is 10.8 Å². The molecule has 1 aromatic carbocycles. The van der Waals surface area contributed by atoms with Crippen molar-refractivity contribution in [2.75, 3.05) is 11.1 Å². The normalized spacial score (nSPS) is 12.0. The van der Waals surface area contributed by atoms with E-state index >= 15 is 0 Å². The summed E-state index contributed by atoms with van der Waals surface area (Å²) in [6, 6.07) is 6.42. The molecule has 1 atom stereocenters. The molecular weight excluding hydrogens is 340 g/mol. The molecule has 2 aromatic rings. The van der Waals surface area contributed by atoms with Gasteiger partial charge in [-0.25, -0.2) is 0 Å². The predicted molar refractivity (Wildman–Crippen MR) is 102 cm³/mol. The number of carbonyl (C=O) groups excluding carboxylic acids is 1. The maximum atomic E-state index is 11.9. The summed E-state index contributed by atoms with van der Waals surface area (Å²) in [4.78, 5) is 11.9. The van der Waals surface area contributed by atoms with Gasteiger partial charge in [-0.05, 0) is 50.5 Å². The number of rotatable bonds is 8. The standard InChI is InChI=1S/C17H24N4OS2/c1-5-6-13(4)18-15(22)10-23-17-21-20-16(24-17)19-14-8-7-11(2)12(3)9-14/h7-9,13H,5-6,10H2,1-4H3,(H,18,22)(H,19,20). The molecule has 0 radical (unpaired) electrons. The Labute approximate surface area is 151 Å². The van der Waals surface area contributed by atoms with Crippen LogP contribution >= 0.6 is 23.1 Å². The molecular formula is C17H24N4OS2. The van der Waals surface area contributed by atoms with Crippen molar-refractivity contribution in [3.8, 4) is 0 Å². The molecule has 0 fully saturated rings. The Kier molecular flexibility index (Phi) is 7.05. The summed E-state index contributed by atoms with van der Waals surface area (Å²) in [5, 5.41) is 15.3. The van der Waals surface area contributed by atoms with E-state index in [1.54, 1.807) is 0 Å². The monoisotopic (exact) mass is 364 g/mol. The molecule has 0 aliphatic carbocycles. The van der Waals surface area contributed by atoms with Gasteiger partial charge in [-0.2, -0.15) is 0 Å². The Morgan fingerprint density at radius 2 is 2.08 bits per heavy atom. The highest BCUT2D eigenvalue weighted by molar-refractivity contribution is 8.01. The minimum atomic E-state index is 0.0415. The molecule has 24 heavy (non-hydrogen) atoms. The van der Waals surface area contributed by atoms with Crippen LogP contribution in [0.1, 0.15) is 37.8 Å². The van der Waals surface area contributed by atoms with Crippen LogP contribution in [-0.2, 0) is 4.79 Å². The fourth-order valence-corrected chi connectivity index (χ4v) is 3.79. The molecule has 0 saturated carbocycles. The summed E-state index contributed by atoms with van der Waals surface area (Å²) in [5.74, 6) is 0.409. The van der Waals surface area contributed by atoms with E-state index in [1.165, 1.54) is 34.2 Å². The van der Waals surface area contributed by atoms with E-state index in [1.807, 2.05) is 13.0 Å². The Bertz CT molecular complexity index is 687. The highest BCUT2D eigenvalue weighted by Crippen LogP contribution is 2.28. The summed E-state index contributed by atoms with van der Waals surface area (Å²) in [6.45, 7) is 8.32. The highest BCUT2D eigenvalue weighted by Gasteiger charge is 2.10. The van der Waals surface area contributed by atoms with E-state index in [0.717, 1.165) is 28.0 Å². The lowest BCUT2D eigenvalue weighted by atomic mass is 10.1. The number of thioether (sulfide) groups is 1. The van der Waals surface area contributed by atoms with E-state index in [9.17, 15) is 4.79 Å². The molecule has 0 saturated heterocycles. The van der Waals surface area contributed by atoms with Gasteiger partial charge in [-0.15, -0.1) is 10.2 Å². The summed E-state index contributed by atoms with van der Waals surface area (Å²) in [6.07, 6.45) is 2.07. The largest absolute Gasteiger partial charge is 0.353 e. The van der Waals surface area contributed by atoms with Crippen LogP contribution < -0.4 is 10.6 Å². The topological polar surface area (TPSA) is 66.9 Å². The van der Waals surface area contributed by atoms with Gasteiger partial charge in [0.15, 0.2) is 4.34 Å². The van der Waals surface area contributed by atoms with Gasteiger partial charge in [0.05, 0.1) is 5.75 Å². The number of nitrogens with one attached hydrogen (secondary N) is 2. The second-order valence-corrected chi connectivity index (χ2v) is 8.04. The van der Waals surface area contributed by atoms with E-state index in [2.05, 4.69) is 53.7 Å². The number of hydrogen-bond acceptors (Lipinski definition) is 6. The van der Waals surface area contributed by atoms with Crippen LogP contribution in [0.5, 0.6) is 0 Å². The van der Waals surface area contributed by atoms with E-state index in [0.29, 0.717) is 5.75 Å². The first kappa shape index (κ1) is 18.7. The van der Waals surface area contributed by atoms with Crippen molar-refractivity contribution in [1.29, 1.82) is 0 Å². The lowest BCUT2D eigenvalue weighted by Gasteiger charge is -2.11. The van der Waals surface area contributed by atoms with Crippen LogP contribution in [0.25, 0.3) is 0 Å². The van der Waals surface area contributed by atoms with Gasteiger partial charge in [-0.1, -0.05) is 42.5 Å². The Morgan fingerprint density at radius 3 is 2.79 bits per heavy atom. The van der Waals surface area contributed by atoms with Gasteiger partial charge in [-0.3, -0.25) is 4.79 Å². The van der Waals surface area contributed by atoms with Crippen LogP contribution in [0.3, 0.4) is 0 Å². The third-order valence-electron chi connectivity index (χ3n) is 3.62. The summed E-state index contributed by atoms with van der Waals surface area (Å²) < 4.78 is 0.791. The van der Waals surface area contributed by atoms with Crippen molar-refractivity contribution in [3.63, 3.8) is 0 Å². The van der Waals surface area contributed by atoms with E-state index in [4.69, 9.17) is 0 Å². The smallest absolute Gasteiger partial charge is 0.230 e. The van der Waals surface area contributed by atoms with Crippen LogP contribution in [0.2, 0.25) is 0 Å². The molecule has 2 N–H and O–H groups in total. The zero-order chi connectivity index (χ0) is 17.5. The molecule has 1 unspecified atom stereocenters. The van der Waals surface area contributed by atoms with Crippen molar-refractivity contribution in [2.45, 2.75) is 50.9 Å². The minimum absolute atomic E-state index is 0.0415. The summed E-state index contributed by atoms with van der Waals surface area (Å²) >= 11 is 2.88. The maximum absolute atomic E-state index is 11.9. The van der Waals surface area contributed by atoms with Crippen LogP contribution in [0.15, 0.2) is 22.5 Å². The second kappa shape index (κ2) is 9.03. The SMILES string of the molecule is CCCC(C)NC(=O)CSc1nnc(Nc2ccc(C)c(C)c2)s1. The van der Waals surface area contributed by atoms with E-state index in [-0.39, 0.29) is 11.9 Å². The van der Waals surface area contributed by atoms with Crippen LogP contribution in [0, 0.1) is 13.8 Å². The molecule has 0 bridgehead atoms. The molecule has 2 rings (SSSR count). The van der Waals surface area contributed by atoms with Gasteiger partial charge in [0.2, 0.25) is 11.0 Å². The van der Waals surface area contributed by atoms with Gasteiger partial charge in [0.1, 0.15) is 0 Å². The lowest BCUT2D eigenvalue weighted by molar-refractivity contribution is -0.119. The average Bonchev–Trinajstić information content (AvgIpc) is 2.97. The Hall–Kier alpha value is -1.60. The third kappa shape index (κ3) is 5.79. The molecule has 1 heterocycles. The Balaban J connectivity index is 1.84. The third-order valence-corrected chi connectivity index (χ3v) is 5.59. The van der Waals surface area contributed by atoms with Gasteiger partial charge in [0.25, 0.3) is 0 Å². The van der Waals surface area contributed by atoms with Gasteiger partial charge in [0, 0.05) is 11.7 Å². The van der Waals surface area contributed by atoms with Gasteiger partial charge < -0.3 is 10.6 Å². The number of anilines is 2. The van der Waals surface area contributed by atoms with Crippen molar-refractivity contribution >= 4 is 39.8 Å². The number of carbonyl (C=O) groups is 1. The van der Waals surface area contributed by atoms with Crippen molar-refractivity contribution in [2.24, 2.45) is 0 Å². The summed E-state index contributed by atoms with van der Waals surface area (Å²) in [5.41, 5.74) is 3.49. The second-order valence-electron chi connectivity index (χ2n) is 5.84. The molecule has 0 aliphatic rings. The molecule has 0 aliphatic heterocycles. The van der Waals surface area contributed by atoms with Crippen molar-refractivity contribution < 1.29 is 4.79 Å². The van der Waals surface area contributed by atoms with E-state index < -0.39 is 0 Å². The molecule has 1 amide bonds. The number of aryl methyl sites for hydroxylation is 2. The molecule has 5 nitrogen and oxygen atoms in total. The predicted octanol–water partition coefficient (Wildman–Crippen LogP) is 4.30. The zero-order valence-electron chi connectivity index (χ0n) is 14.5. The van der Waals surface area contributed by atoms with Crippen molar-refractivity contribution in [3.05, 3.63) is 29.3 Å². The van der Waals surface area contributed by atoms with Crippen molar-refractivity contribution in [1.82, 2.24) is 15.5 Å². The molecule has 1 aromatic heterocycles. The first-order valence-electron chi connectivity index (χ1n) is 8.08. The molecule has 0 spiro atoms. The number of aromatic nitrogens is 2. The maximum Gasteiger partial charge on any atom is 0.230 e. The molecule has 7 heteroatoms. The average molecular weight is 365 g/mol. The first-order valence-corrected chi connectivity index (χ1v) is 9.88. The van der Waals surface area contributed by atoms with Gasteiger partial charge >= 0.3 is 0 Å². The fraction of sp³-hybridized carbons (Fsp3) is 0.471. The fourth-order valence-electron chi connectivity index (χ4n) is 2.21. The molecule has 130 valence electrons.